The first-order valence-corrected chi connectivity index (χ1v) is 7.44. The van der Waals surface area contributed by atoms with Crippen LogP contribution in [-0.4, -0.2) is 12.6 Å². The van der Waals surface area contributed by atoms with Crippen molar-refractivity contribution in [2.75, 3.05) is 6.61 Å². The average molecular weight is 291 g/mol. The maximum Gasteiger partial charge on any atom is 0.327 e. The van der Waals surface area contributed by atoms with Crippen LogP contribution in [0.5, 0.6) is 0 Å². The van der Waals surface area contributed by atoms with E-state index in [0.29, 0.717) is 0 Å². The fourth-order valence-electron chi connectivity index (χ4n) is 3.31. The van der Waals surface area contributed by atoms with Crippen molar-refractivity contribution in [2.24, 2.45) is 5.41 Å². The molecule has 2 aromatic rings. The first-order chi connectivity index (χ1) is 10.8. The van der Waals surface area contributed by atoms with Gasteiger partial charge >= 0.3 is 5.97 Å². The summed E-state index contributed by atoms with van der Waals surface area (Å²) in [5.74, 6) is -0.722. The predicted molar refractivity (Wildman–Crippen MR) is 83.0 cm³/mol. The first-order valence-electron chi connectivity index (χ1n) is 7.44. The Hall–Kier alpha value is -2.60. The molecule has 1 aliphatic carbocycles. The molecule has 0 aliphatic heterocycles. The molecule has 3 heteroatoms. The maximum absolute atomic E-state index is 12.5. The Morgan fingerprint density at radius 1 is 1.05 bits per heavy atom. The molecule has 3 rings (SSSR count). The van der Waals surface area contributed by atoms with E-state index in [4.69, 9.17) is 4.74 Å². The van der Waals surface area contributed by atoms with Gasteiger partial charge in [-0.3, -0.25) is 4.79 Å². The van der Waals surface area contributed by atoms with Crippen molar-refractivity contribution in [1.29, 1.82) is 5.26 Å². The number of ether oxygens (including phenoxy) is 1. The van der Waals surface area contributed by atoms with E-state index < -0.39 is 11.4 Å². The number of carbonyl (C=O) groups excluding carboxylic acids is 1. The molecule has 0 amide bonds. The van der Waals surface area contributed by atoms with E-state index in [2.05, 4.69) is 6.07 Å². The number of nitrogens with zero attached hydrogens (tertiary/aromatic N) is 1. The van der Waals surface area contributed by atoms with Crippen molar-refractivity contribution >= 4 is 5.97 Å². The predicted octanol–water partition coefficient (Wildman–Crippen LogP) is 3.64. The molecule has 2 atom stereocenters. The molecule has 2 unspecified atom stereocenters. The van der Waals surface area contributed by atoms with Gasteiger partial charge in [0.25, 0.3) is 0 Å². The molecule has 1 saturated carbocycles. The number of hydrogen-bond donors (Lipinski definition) is 0. The van der Waals surface area contributed by atoms with Gasteiger partial charge in [-0.15, -0.1) is 0 Å². The number of rotatable bonds is 4. The highest BCUT2D eigenvalue weighted by molar-refractivity contribution is 5.89. The lowest BCUT2D eigenvalue weighted by Crippen LogP contribution is -2.20. The van der Waals surface area contributed by atoms with Gasteiger partial charge in [0, 0.05) is 11.8 Å². The quantitative estimate of drug-likeness (QED) is 0.808. The zero-order chi connectivity index (χ0) is 15.6. The maximum atomic E-state index is 12.5. The van der Waals surface area contributed by atoms with E-state index in [9.17, 15) is 10.1 Å². The van der Waals surface area contributed by atoms with Crippen LogP contribution in [0.4, 0.5) is 0 Å². The van der Waals surface area contributed by atoms with Gasteiger partial charge < -0.3 is 4.74 Å². The van der Waals surface area contributed by atoms with E-state index in [1.54, 1.807) is 6.92 Å². The molecular formula is C19H17NO2. The minimum atomic E-state index is -1.11. The molecule has 2 aromatic carbocycles. The Bertz CT molecular complexity index is 658. The summed E-state index contributed by atoms with van der Waals surface area (Å²) in [5, 5.41) is 9.77. The van der Waals surface area contributed by atoms with Gasteiger partial charge in [-0.2, -0.15) is 5.26 Å². The van der Waals surface area contributed by atoms with Crippen LogP contribution in [0.1, 0.15) is 29.9 Å². The van der Waals surface area contributed by atoms with Crippen LogP contribution < -0.4 is 0 Å². The number of nitriles is 1. The molecule has 0 radical (unpaired) electrons. The minimum absolute atomic E-state index is 0.153. The minimum Gasteiger partial charge on any atom is -0.465 e. The van der Waals surface area contributed by atoms with Crippen LogP contribution in [0.25, 0.3) is 0 Å². The van der Waals surface area contributed by atoms with Crippen LogP contribution >= 0.6 is 0 Å². The highest BCUT2D eigenvalue weighted by atomic mass is 16.5. The zero-order valence-electron chi connectivity index (χ0n) is 12.4. The Morgan fingerprint density at radius 3 is 1.86 bits per heavy atom. The van der Waals surface area contributed by atoms with Crippen LogP contribution in [0, 0.1) is 16.7 Å². The molecule has 0 aromatic heterocycles. The van der Waals surface area contributed by atoms with Crippen LogP contribution in [0.2, 0.25) is 0 Å². The molecule has 22 heavy (non-hydrogen) atoms. The summed E-state index contributed by atoms with van der Waals surface area (Å²) in [4.78, 5) is 12.5. The number of carbonyl (C=O) groups is 1. The van der Waals surface area contributed by atoms with E-state index in [1.165, 1.54) is 0 Å². The lowest BCUT2D eigenvalue weighted by atomic mass is 9.99. The Morgan fingerprint density at radius 2 is 1.50 bits per heavy atom. The second-order valence-electron chi connectivity index (χ2n) is 5.48. The lowest BCUT2D eigenvalue weighted by molar-refractivity contribution is -0.147. The van der Waals surface area contributed by atoms with Gasteiger partial charge in [-0.1, -0.05) is 60.7 Å². The Labute approximate surface area is 130 Å². The average Bonchev–Trinajstić information content (AvgIpc) is 3.27. The Kier molecular flexibility index (Phi) is 3.68. The van der Waals surface area contributed by atoms with Crippen LogP contribution in [0.3, 0.4) is 0 Å². The summed E-state index contributed by atoms with van der Waals surface area (Å²) >= 11 is 0. The monoisotopic (exact) mass is 291 g/mol. The molecule has 110 valence electrons. The summed E-state index contributed by atoms with van der Waals surface area (Å²) in [7, 11) is 0. The Balaban J connectivity index is 2.06. The summed E-state index contributed by atoms with van der Waals surface area (Å²) in [6.45, 7) is 2.05. The third kappa shape index (κ3) is 2.08. The van der Waals surface area contributed by atoms with E-state index >= 15 is 0 Å². The van der Waals surface area contributed by atoms with E-state index in [1.807, 2.05) is 60.7 Å². The summed E-state index contributed by atoms with van der Waals surface area (Å²) in [6.07, 6.45) is 0. The number of esters is 1. The van der Waals surface area contributed by atoms with E-state index in [-0.39, 0.29) is 18.4 Å². The topological polar surface area (TPSA) is 50.1 Å². The second-order valence-corrected chi connectivity index (χ2v) is 5.48. The second kappa shape index (κ2) is 5.65. The highest BCUT2D eigenvalue weighted by Crippen LogP contribution is 2.70. The molecule has 0 N–H and O–H groups in total. The lowest BCUT2D eigenvalue weighted by Gasteiger charge is -2.08. The smallest absolute Gasteiger partial charge is 0.327 e. The fourth-order valence-corrected chi connectivity index (χ4v) is 3.31. The highest BCUT2D eigenvalue weighted by Gasteiger charge is 2.72. The van der Waals surface area contributed by atoms with Crippen molar-refractivity contribution in [3.8, 4) is 6.07 Å². The first kappa shape index (κ1) is 14.3. The largest absolute Gasteiger partial charge is 0.465 e. The van der Waals surface area contributed by atoms with Crippen molar-refractivity contribution in [3.63, 3.8) is 0 Å². The van der Waals surface area contributed by atoms with Gasteiger partial charge in [0.05, 0.1) is 12.7 Å². The van der Waals surface area contributed by atoms with Crippen molar-refractivity contribution in [3.05, 3.63) is 71.8 Å². The SMILES string of the molecule is CCOC(=O)C1(C#N)C(c2ccccc2)C1c1ccccc1. The third-order valence-electron chi connectivity index (χ3n) is 4.32. The molecule has 1 aliphatic rings. The molecule has 0 heterocycles. The van der Waals surface area contributed by atoms with Gasteiger partial charge in [-0.05, 0) is 18.1 Å². The standard InChI is InChI=1S/C19H17NO2/c1-2-22-18(21)19(13-20)16(14-9-5-3-6-10-14)17(19)15-11-7-4-8-12-15/h3-12,16-17H,2H2,1H3. The van der Waals surface area contributed by atoms with Gasteiger partial charge in [0.2, 0.25) is 0 Å². The summed E-state index contributed by atoms with van der Waals surface area (Å²) in [6, 6.07) is 21.7. The van der Waals surface area contributed by atoms with E-state index in [0.717, 1.165) is 11.1 Å². The van der Waals surface area contributed by atoms with Crippen LogP contribution in [-0.2, 0) is 9.53 Å². The molecule has 0 bridgehead atoms. The summed E-state index contributed by atoms with van der Waals surface area (Å²) in [5.41, 5.74) is 0.899. The van der Waals surface area contributed by atoms with Gasteiger partial charge in [0.15, 0.2) is 5.41 Å². The van der Waals surface area contributed by atoms with Crippen molar-refractivity contribution < 1.29 is 9.53 Å². The van der Waals surface area contributed by atoms with Gasteiger partial charge in [-0.25, -0.2) is 0 Å². The normalized spacial score (nSPS) is 26.0. The molecule has 1 fully saturated rings. The van der Waals surface area contributed by atoms with Crippen molar-refractivity contribution in [1.82, 2.24) is 0 Å². The molecule has 3 nitrogen and oxygen atoms in total. The van der Waals surface area contributed by atoms with Crippen molar-refractivity contribution in [2.45, 2.75) is 18.8 Å². The summed E-state index contributed by atoms with van der Waals surface area (Å²) < 4.78 is 5.20. The molecular weight excluding hydrogens is 274 g/mol. The van der Waals surface area contributed by atoms with Gasteiger partial charge in [0.1, 0.15) is 0 Å². The third-order valence-corrected chi connectivity index (χ3v) is 4.32. The fraction of sp³-hybridized carbons (Fsp3) is 0.263. The molecule has 0 saturated heterocycles. The molecule has 0 spiro atoms. The zero-order valence-corrected chi connectivity index (χ0v) is 12.4. The number of benzene rings is 2. The van der Waals surface area contributed by atoms with Crippen LogP contribution in [0.15, 0.2) is 60.7 Å². The number of hydrogen-bond acceptors (Lipinski definition) is 3.